The smallest absolute Gasteiger partial charge is 0.357 e. The molecular weight excluding hydrogens is 270 g/mol. The molecule has 0 aliphatic rings. The van der Waals surface area contributed by atoms with Crippen LogP contribution in [0.15, 0.2) is 59.3 Å². The van der Waals surface area contributed by atoms with Crippen molar-refractivity contribution in [1.29, 1.82) is 0 Å². The molecule has 2 aromatic heterocycles. The highest BCUT2D eigenvalue weighted by molar-refractivity contribution is 5.86. The Morgan fingerprint density at radius 3 is 2.67 bits per heavy atom. The first-order chi connectivity index (χ1) is 10.3. The molecule has 104 valence electrons. The van der Waals surface area contributed by atoms with Crippen LogP contribution in [0.25, 0.3) is 11.4 Å². The van der Waals surface area contributed by atoms with Crippen LogP contribution in [0.2, 0.25) is 0 Å². The minimum absolute atomic E-state index is 0.0881. The van der Waals surface area contributed by atoms with Crippen molar-refractivity contribution in [3.05, 3.63) is 66.3 Å². The number of pyridine rings is 1. The van der Waals surface area contributed by atoms with E-state index in [4.69, 9.17) is 9.26 Å². The van der Waals surface area contributed by atoms with Crippen molar-refractivity contribution in [2.75, 3.05) is 0 Å². The molecule has 0 aliphatic carbocycles. The molecule has 0 saturated heterocycles. The van der Waals surface area contributed by atoms with Crippen LogP contribution in [0.4, 0.5) is 0 Å². The van der Waals surface area contributed by atoms with E-state index in [2.05, 4.69) is 15.1 Å². The van der Waals surface area contributed by atoms with Gasteiger partial charge in [0.1, 0.15) is 5.69 Å². The molecule has 0 spiro atoms. The lowest BCUT2D eigenvalue weighted by Gasteiger charge is -1.99. The number of ether oxygens (including phenoxy) is 1. The lowest BCUT2D eigenvalue weighted by molar-refractivity contribution is 0.0423. The molecule has 0 radical (unpaired) electrons. The first-order valence-corrected chi connectivity index (χ1v) is 6.29. The summed E-state index contributed by atoms with van der Waals surface area (Å²) >= 11 is 0. The third-order valence-corrected chi connectivity index (χ3v) is 2.70. The van der Waals surface area contributed by atoms with Crippen LogP contribution in [-0.4, -0.2) is 21.1 Å². The summed E-state index contributed by atoms with van der Waals surface area (Å²) in [6, 6.07) is 14.4. The van der Waals surface area contributed by atoms with Crippen LogP contribution in [-0.2, 0) is 11.3 Å². The predicted molar refractivity (Wildman–Crippen MR) is 73.1 cm³/mol. The molecule has 0 saturated carbocycles. The van der Waals surface area contributed by atoms with Gasteiger partial charge in [-0.25, -0.2) is 9.78 Å². The van der Waals surface area contributed by atoms with Crippen molar-refractivity contribution in [2.45, 2.75) is 6.61 Å². The molecule has 0 unspecified atom stereocenters. The molecule has 0 aliphatic heterocycles. The molecular formula is C15H11N3O3. The second-order valence-corrected chi connectivity index (χ2v) is 4.17. The summed E-state index contributed by atoms with van der Waals surface area (Å²) < 4.78 is 10.1. The minimum atomic E-state index is -0.532. The zero-order valence-corrected chi connectivity index (χ0v) is 11.0. The zero-order valence-electron chi connectivity index (χ0n) is 11.0. The second-order valence-electron chi connectivity index (χ2n) is 4.17. The highest BCUT2D eigenvalue weighted by atomic mass is 16.6. The van der Waals surface area contributed by atoms with Crippen molar-refractivity contribution in [3.63, 3.8) is 0 Å². The average Bonchev–Trinajstić information content (AvgIpc) is 3.03. The van der Waals surface area contributed by atoms with Crippen LogP contribution < -0.4 is 0 Å². The zero-order chi connectivity index (χ0) is 14.5. The fourth-order valence-corrected chi connectivity index (χ4v) is 1.70. The van der Waals surface area contributed by atoms with Crippen molar-refractivity contribution >= 4 is 5.97 Å². The van der Waals surface area contributed by atoms with Crippen molar-refractivity contribution in [3.8, 4) is 11.4 Å². The van der Waals surface area contributed by atoms with Gasteiger partial charge in [0.25, 0.3) is 5.89 Å². The molecule has 0 amide bonds. The van der Waals surface area contributed by atoms with Gasteiger partial charge in [0.2, 0.25) is 5.82 Å². The van der Waals surface area contributed by atoms with Crippen LogP contribution in [0, 0.1) is 0 Å². The fraction of sp³-hybridized carbons (Fsp3) is 0.0667. The van der Waals surface area contributed by atoms with E-state index in [-0.39, 0.29) is 18.2 Å². The van der Waals surface area contributed by atoms with Gasteiger partial charge >= 0.3 is 5.97 Å². The molecule has 21 heavy (non-hydrogen) atoms. The molecule has 0 atom stereocenters. The molecule has 6 heteroatoms. The van der Waals surface area contributed by atoms with E-state index in [1.807, 2.05) is 30.3 Å². The molecule has 3 rings (SSSR count). The maximum Gasteiger partial charge on any atom is 0.357 e. The van der Waals surface area contributed by atoms with E-state index in [9.17, 15) is 4.79 Å². The predicted octanol–water partition coefficient (Wildman–Crippen LogP) is 2.49. The van der Waals surface area contributed by atoms with Crippen LogP contribution >= 0.6 is 0 Å². The summed E-state index contributed by atoms with van der Waals surface area (Å²) in [5.74, 6) is 0.160. The largest absolute Gasteiger partial charge is 0.451 e. The Kier molecular flexibility index (Phi) is 3.68. The molecule has 0 bridgehead atoms. The summed E-state index contributed by atoms with van der Waals surface area (Å²) in [6.45, 7) is -0.0881. The number of rotatable bonds is 4. The molecule has 6 nitrogen and oxygen atoms in total. The van der Waals surface area contributed by atoms with Gasteiger partial charge < -0.3 is 9.26 Å². The number of carbonyl (C=O) groups is 1. The van der Waals surface area contributed by atoms with Gasteiger partial charge in [0.05, 0.1) is 0 Å². The Morgan fingerprint density at radius 1 is 1.10 bits per heavy atom. The molecule has 0 N–H and O–H groups in total. The Morgan fingerprint density at radius 2 is 1.90 bits per heavy atom. The van der Waals surface area contributed by atoms with Gasteiger partial charge in [0.15, 0.2) is 6.61 Å². The number of carbonyl (C=O) groups excluding carboxylic acids is 1. The lowest BCUT2D eigenvalue weighted by Crippen LogP contribution is -2.07. The Hall–Kier alpha value is -3.02. The molecule has 0 fully saturated rings. The van der Waals surface area contributed by atoms with Crippen molar-refractivity contribution in [2.24, 2.45) is 0 Å². The number of esters is 1. The molecule has 3 aromatic rings. The van der Waals surface area contributed by atoms with Crippen molar-refractivity contribution in [1.82, 2.24) is 15.1 Å². The van der Waals surface area contributed by atoms with E-state index in [1.54, 1.807) is 18.2 Å². The van der Waals surface area contributed by atoms with Gasteiger partial charge in [-0.15, -0.1) is 0 Å². The summed E-state index contributed by atoms with van der Waals surface area (Å²) in [5.41, 5.74) is 1.07. The van der Waals surface area contributed by atoms with Gasteiger partial charge in [-0.3, -0.25) is 0 Å². The minimum Gasteiger partial charge on any atom is -0.451 e. The van der Waals surface area contributed by atoms with E-state index in [0.717, 1.165) is 5.56 Å². The first-order valence-electron chi connectivity index (χ1n) is 6.29. The lowest BCUT2D eigenvalue weighted by atomic mass is 10.2. The van der Waals surface area contributed by atoms with Crippen LogP contribution in [0.5, 0.6) is 0 Å². The summed E-state index contributed by atoms with van der Waals surface area (Å²) in [4.78, 5) is 19.8. The third-order valence-electron chi connectivity index (χ3n) is 2.70. The molecule has 2 heterocycles. The maximum atomic E-state index is 11.7. The monoisotopic (exact) mass is 281 g/mol. The SMILES string of the molecule is O=C(OCc1nc(-c2ccccc2)no1)c1ccccn1. The van der Waals surface area contributed by atoms with Crippen LogP contribution in [0.3, 0.4) is 0 Å². The van der Waals surface area contributed by atoms with Crippen molar-refractivity contribution < 1.29 is 14.1 Å². The third kappa shape index (κ3) is 3.11. The Labute approximate surface area is 120 Å². The average molecular weight is 281 g/mol. The van der Waals surface area contributed by atoms with E-state index in [0.29, 0.717) is 5.82 Å². The summed E-state index contributed by atoms with van der Waals surface area (Å²) in [7, 11) is 0. The van der Waals surface area contributed by atoms with Gasteiger partial charge in [-0.1, -0.05) is 41.6 Å². The molecule has 1 aromatic carbocycles. The van der Waals surface area contributed by atoms with E-state index in [1.165, 1.54) is 6.20 Å². The normalized spacial score (nSPS) is 10.3. The number of nitrogens with zero attached hydrogens (tertiary/aromatic N) is 3. The number of hydrogen-bond acceptors (Lipinski definition) is 6. The van der Waals surface area contributed by atoms with Crippen LogP contribution in [0.1, 0.15) is 16.4 Å². The maximum absolute atomic E-state index is 11.7. The summed E-state index contributed by atoms with van der Waals surface area (Å²) in [5, 5.41) is 3.84. The second kappa shape index (κ2) is 5.96. The number of aromatic nitrogens is 3. The topological polar surface area (TPSA) is 78.1 Å². The van der Waals surface area contributed by atoms with Gasteiger partial charge in [-0.2, -0.15) is 4.98 Å². The quantitative estimate of drug-likeness (QED) is 0.684. The highest BCUT2D eigenvalue weighted by Crippen LogP contribution is 2.15. The fourth-order valence-electron chi connectivity index (χ4n) is 1.70. The Balaban J connectivity index is 1.64. The Bertz CT molecular complexity index is 726. The van der Waals surface area contributed by atoms with Gasteiger partial charge in [0, 0.05) is 11.8 Å². The summed E-state index contributed by atoms with van der Waals surface area (Å²) in [6.07, 6.45) is 1.52. The standard InChI is InChI=1S/C15H11N3O3/c19-15(12-8-4-5-9-16-12)20-10-13-17-14(18-21-13)11-6-2-1-3-7-11/h1-9H,10H2. The first kappa shape index (κ1) is 13.0. The number of benzene rings is 1. The van der Waals surface area contributed by atoms with E-state index < -0.39 is 5.97 Å². The highest BCUT2D eigenvalue weighted by Gasteiger charge is 2.12. The van der Waals surface area contributed by atoms with Gasteiger partial charge in [-0.05, 0) is 12.1 Å². The number of hydrogen-bond donors (Lipinski definition) is 0. The van der Waals surface area contributed by atoms with E-state index >= 15 is 0 Å².